The van der Waals surface area contributed by atoms with Gasteiger partial charge in [0.25, 0.3) is 5.91 Å². The van der Waals surface area contributed by atoms with Gasteiger partial charge in [0, 0.05) is 24.5 Å². The zero-order valence-electron chi connectivity index (χ0n) is 12.6. The predicted octanol–water partition coefficient (Wildman–Crippen LogP) is 2.84. The van der Waals surface area contributed by atoms with Crippen molar-refractivity contribution in [2.24, 2.45) is 7.05 Å². The third-order valence-corrected chi connectivity index (χ3v) is 4.46. The number of amides is 1. The molecule has 0 bridgehead atoms. The van der Waals surface area contributed by atoms with Crippen LogP contribution in [0.5, 0.6) is 0 Å². The second kappa shape index (κ2) is 5.26. The molecule has 1 aliphatic rings. The van der Waals surface area contributed by atoms with Gasteiger partial charge in [0.05, 0.1) is 11.2 Å². The van der Waals surface area contributed by atoms with Crippen LogP contribution < -0.4 is 5.32 Å². The highest BCUT2D eigenvalue weighted by Gasteiger charge is 2.35. The summed E-state index contributed by atoms with van der Waals surface area (Å²) in [5.74, 6) is -0.405. The van der Waals surface area contributed by atoms with Crippen molar-refractivity contribution in [3.63, 3.8) is 0 Å². The Balaban J connectivity index is 1.85. The van der Waals surface area contributed by atoms with Crippen LogP contribution in [0.25, 0.3) is 10.9 Å². The van der Waals surface area contributed by atoms with E-state index in [0.717, 1.165) is 18.6 Å². The van der Waals surface area contributed by atoms with E-state index in [1.807, 2.05) is 0 Å². The highest BCUT2D eigenvalue weighted by molar-refractivity contribution is 5.98. The lowest BCUT2D eigenvalue weighted by atomic mass is 9.80. The Morgan fingerprint density at radius 1 is 1.35 bits per heavy atom. The monoisotopic (exact) mass is 326 g/mol. The van der Waals surface area contributed by atoms with Gasteiger partial charge in [0.15, 0.2) is 0 Å². The lowest BCUT2D eigenvalue weighted by molar-refractivity contribution is -0.137. The van der Waals surface area contributed by atoms with Crippen LogP contribution in [0.4, 0.5) is 13.2 Å². The van der Waals surface area contributed by atoms with Crippen molar-refractivity contribution in [1.82, 2.24) is 9.88 Å². The molecule has 1 aliphatic carbocycles. The van der Waals surface area contributed by atoms with E-state index < -0.39 is 23.2 Å². The zero-order valence-corrected chi connectivity index (χ0v) is 12.6. The fourth-order valence-electron chi connectivity index (χ4n) is 2.84. The predicted molar refractivity (Wildman–Crippen MR) is 79.1 cm³/mol. The Bertz CT molecular complexity index is 761. The lowest BCUT2D eigenvalue weighted by Crippen LogP contribution is -2.48. The van der Waals surface area contributed by atoms with E-state index in [4.69, 9.17) is 0 Å². The highest BCUT2D eigenvalue weighted by atomic mass is 19.4. The van der Waals surface area contributed by atoms with Gasteiger partial charge in [0.2, 0.25) is 0 Å². The number of fused-ring (bicyclic) bond motifs is 1. The van der Waals surface area contributed by atoms with E-state index in [2.05, 4.69) is 5.32 Å². The van der Waals surface area contributed by atoms with Gasteiger partial charge in [-0.25, -0.2) is 0 Å². The largest absolute Gasteiger partial charge is 0.416 e. The molecule has 1 fully saturated rings. The quantitative estimate of drug-likeness (QED) is 0.911. The molecule has 0 saturated heterocycles. The molecule has 0 spiro atoms. The average molecular weight is 326 g/mol. The molecule has 2 aromatic rings. The normalized spacial score (nSPS) is 17.1. The second-order valence-corrected chi connectivity index (χ2v) is 6.12. The topological polar surface area (TPSA) is 54.3 Å². The smallest absolute Gasteiger partial charge is 0.388 e. The number of aliphatic hydroxyl groups is 1. The van der Waals surface area contributed by atoms with Gasteiger partial charge in [-0.05, 0) is 43.5 Å². The molecule has 0 atom stereocenters. The first-order chi connectivity index (χ1) is 10.7. The minimum Gasteiger partial charge on any atom is -0.388 e. The average Bonchev–Trinajstić information content (AvgIpc) is 2.78. The van der Waals surface area contributed by atoms with Gasteiger partial charge in [-0.1, -0.05) is 0 Å². The molecule has 1 amide bonds. The van der Waals surface area contributed by atoms with Crippen molar-refractivity contribution in [2.45, 2.75) is 31.0 Å². The Labute approximate surface area is 130 Å². The summed E-state index contributed by atoms with van der Waals surface area (Å²) >= 11 is 0. The minimum absolute atomic E-state index is 0.154. The number of nitrogens with one attached hydrogen (secondary N) is 1. The maximum absolute atomic E-state index is 12.8. The fraction of sp³-hybridized carbons (Fsp3) is 0.438. The summed E-state index contributed by atoms with van der Waals surface area (Å²) in [6.45, 7) is 0.154. The number of rotatable bonds is 3. The van der Waals surface area contributed by atoms with Gasteiger partial charge < -0.3 is 15.0 Å². The van der Waals surface area contributed by atoms with Crippen molar-refractivity contribution >= 4 is 16.8 Å². The first-order valence-corrected chi connectivity index (χ1v) is 7.37. The number of halogens is 3. The van der Waals surface area contributed by atoms with Crippen LogP contribution in [0.2, 0.25) is 0 Å². The molecule has 7 heteroatoms. The maximum Gasteiger partial charge on any atom is 0.416 e. The van der Waals surface area contributed by atoms with Crippen molar-refractivity contribution in [3.8, 4) is 0 Å². The SMILES string of the molecule is Cn1c(C(=O)NCC2(O)CCC2)cc2cc(C(F)(F)F)ccc21. The molecule has 4 nitrogen and oxygen atoms in total. The van der Waals surface area contributed by atoms with E-state index in [1.54, 1.807) is 11.6 Å². The van der Waals surface area contributed by atoms with E-state index in [-0.39, 0.29) is 12.2 Å². The van der Waals surface area contributed by atoms with Crippen LogP contribution in [0.3, 0.4) is 0 Å². The number of aromatic nitrogens is 1. The van der Waals surface area contributed by atoms with Crippen molar-refractivity contribution in [1.29, 1.82) is 0 Å². The second-order valence-electron chi connectivity index (χ2n) is 6.12. The van der Waals surface area contributed by atoms with Crippen LogP contribution >= 0.6 is 0 Å². The number of benzene rings is 1. The standard InChI is InChI=1S/C16H17F3N2O2/c1-21-12-4-3-11(16(17,18)19)7-10(12)8-13(21)14(22)20-9-15(23)5-2-6-15/h3-4,7-8,23H,2,5-6,9H2,1H3,(H,20,22). The number of carbonyl (C=O) groups excluding carboxylic acids is 1. The molecule has 1 heterocycles. The van der Waals surface area contributed by atoms with E-state index in [9.17, 15) is 23.1 Å². The summed E-state index contributed by atoms with van der Waals surface area (Å²) in [7, 11) is 1.63. The van der Waals surface area contributed by atoms with Gasteiger partial charge >= 0.3 is 6.18 Å². The van der Waals surface area contributed by atoms with Crippen LogP contribution in [0, 0.1) is 0 Å². The van der Waals surface area contributed by atoms with E-state index >= 15 is 0 Å². The number of carbonyl (C=O) groups is 1. The first-order valence-electron chi connectivity index (χ1n) is 7.37. The third-order valence-electron chi connectivity index (χ3n) is 4.46. The molecule has 23 heavy (non-hydrogen) atoms. The zero-order chi connectivity index (χ0) is 16.8. The number of alkyl halides is 3. The molecule has 0 aliphatic heterocycles. The number of nitrogens with zero attached hydrogens (tertiary/aromatic N) is 1. The molecule has 0 unspecified atom stereocenters. The molecule has 1 saturated carbocycles. The number of hydrogen-bond donors (Lipinski definition) is 2. The minimum atomic E-state index is -4.42. The third kappa shape index (κ3) is 2.93. The van der Waals surface area contributed by atoms with Gasteiger partial charge in [-0.3, -0.25) is 4.79 Å². The van der Waals surface area contributed by atoms with Crippen LogP contribution in [-0.2, 0) is 13.2 Å². The van der Waals surface area contributed by atoms with Crippen LogP contribution in [0.1, 0.15) is 35.3 Å². The van der Waals surface area contributed by atoms with Crippen molar-refractivity contribution in [3.05, 3.63) is 35.5 Å². The summed E-state index contributed by atoms with van der Waals surface area (Å²) in [6.07, 6.45) is -2.19. The van der Waals surface area contributed by atoms with Crippen LogP contribution in [0.15, 0.2) is 24.3 Å². The molecule has 0 radical (unpaired) electrons. The van der Waals surface area contributed by atoms with E-state index in [0.29, 0.717) is 23.7 Å². The molecule has 1 aromatic carbocycles. The number of aryl methyl sites for hydroxylation is 1. The van der Waals surface area contributed by atoms with Crippen molar-refractivity contribution in [2.75, 3.05) is 6.54 Å². The molecule has 124 valence electrons. The molecule has 3 rings (SSSR count). The summed E-state index contributed by atoms with van der Waals surface area (Å²) < 4.78 is 39.8. The van der Waals surface area contributed by atoms with Crippen LogP contribution in [-0.4, -0.2) is 27.7 Å². The Hall–Kier alpha value is -2.02. The summed E-state index contributed by atoms with van der Waals surface area (Å²) in [4.78, 5) is 12.2. The summed E-state index contributed by atoms with van der Waals surface area (Å²) in [5, 5.41) is 13.0. The Morgan fingerprint density at radius 3 is 2.61 bits per heavy atom. The summed E-state index contributed by atoms with van der Waals surface area (Å²) in [5.41, 5.74) is -0.775. The molecule has 1 aromatic heterocycles. The Morgan fingerprint density at radius 2 is 2.04 bits per heavy atom. The Kier molecular flexibility index (Phi) is 3.63. The lowest BCUT2D eigenvalue weighted by Gasteiger charge is -2.36. The highest BCUT2D eigenvalue weighted by Crippen LogP contribution is 2.33. The number of hydrogen-bond acceptors (Lipinski definition) is 2. The molecular weight excluding hydrogens is 309 g/mol. The summed E-state index contributed by atoms with van der Waals surface area (Å²) in [6, 6.07) is 4.83. The fourth-order valence-corrected chi connectivity index (χ4v) is 2.84. The van der Waals surface area contributed by atoms with Gasteiger partial charge in [-0.2, -0.15) is 13.2 Å². The molecule has 2 N–H and O–H groups in total. The van der Waals surface area contributed by atoms with Gasteiger partial charge in [0.1, 0.15) is 5.69 Å². The van der Waals surface area contributed by atoms with Crippen molar-refractivity contribution < 1.29 is 23.1 Å². The maximum atomic E-state index is 12.8. The van der Waals surface area contributed by atoms with E-state index in [1.165, 1.54) is 12.1 Å². The molecular formula is C16H17F3N2O2. The first kappa shape index (κ1) is 15.9. The van der Waals surface area contributed by atoms with Gasteiger partial charge in [-0.15, -0.1) is 0 Å².